The van der Waals surface area contributed by atoms with Gasteiger partial charge < -0.3 is 4.90 Å². The number of rotatable bonds is 1. The van der Waals surface area contributed by atoms with E-state index in [1.54, 1.807) is 0 Å². The summed E-state index contributed by atoms with van der Waals surface area (Å²) >= 11 is 3.53. The largest absolute Gasteiger partial charge is 0.363 e. The Morgan fingerprint density at radius 2 is 1.65 bits per heavy atom. The maximum absolute atomic E-state index is 11.5. The van der Waals surface area contributed by atoms with E-state index in [-0.39, 0.29) is 11.5 Å². The van der Waals surface area contributed by atoms with Gasteiger partial charge in [-0.15, -0.1) is 0 Å². The van der Waals surface area contributed by atoms with Crippen LogP contribution >= 0.6 is 15.9 Å². The lowest BCUT2D eigenvalue weighted by Crippen LogP contribution is -2.25. The predicted octanol–water partition coefficient (Wildman–Crippen LogP) is 1.99. The van der Waals surface area contributed by atoms with Gasteiger partial charge >= 0.3 is 0 Å². The highest BCUT2D eigenvalue weighted by Gasteiger charge is 2.34. The van der Waals surface area contributed by atoms with Crippen LogP contribution in [0.2, 0.25) is 0 Å². The highest BCUT2D eigenvalue weighted by atomic mass is 79.9. The van der Waals surface area contributed by atoms with E-state index in [0.717, 1.165) is 34.4 Å². The number of halogens is 1. The molecule has 0 saturated heterocycles. The fourth-order valence-electron chi connectivity index (χ4n) is 2.50. The number of hydrogen-bond donors (Lipinski definition) is 0. The Kier molecular flexibility index (Phi) is 2.56. The van der Waals surface area contributed by atoms with E-state index in [1.807, 2.05) is 18.2 Å². The maximum atomic E-state index is 11.5. The van der Waals surface area contributed by atoms with Gasteiger partial charge in [-0.05, 0) is 39.2 Å². The molecule has 0 aromatic heterocycles. The highest BCUT2D eigenvalue weighted by Crippen LogP contribution is 2.34. The first-order chi connectivity index (χ1) is 8.05. The van der Waals surface area contributed by atoms with Crippen molar-refractivity contribution in [3.63, 3.8) is 0 Å². The van der Waals surface area contributed by atoms with Gasteiger partial charge in [-0.2, -0.15) is 0 Å². The minimum absolute atomic E-state index is 0.253. The van der Waals surface area contributed by atoms with Gasteiger partial charge in [0.1, 0.15) is 0 Å². The molecule has 0 aliphatic carbocycles. The Bertz CT molecular complexity index is 583. The van der Waals surface area contributed by atoms with Crippen molar-refractivity contribution in [1.29, 1.82) is 0 Å². The molecule has 90 valence electrons. The van der Waals surface area contributed by atoms with Crippen molar-refractivity contribution < 1.29 is 8.42 Å². The van der Waals surface area contributed by atoms with Crippen molar-refractivity contribution >= 4 is 31.5 Å². The number of benzene rings is 1. The van der Waals surface area contributed by atoms with Crippen molar-refractivity contribution in [1.82, 2.24) is 0 Å². The molecular weight excluding hydrogens is 302 g/mol. The van der Waals surface area contributed by atoms with E-state index in [1.165, 1.54) is 0 Å². The van der Waals surface area contributed by atoms with Crippen LogP contribution < -0.4 is 4.90 Å². The summed E-state index contributed by atoms with van der Waals surface area (Å²) in [6.07, 6.45) is 0. The quantitative estimate of drug-likeness (QED) is 0.744. The van der Waals surface area contributed by atoms with Crippen molar-refractivity contribution in [2.45, 2.75) is 0 Å². The molecule has 0 amide bonds. The van der Waals surface area contributed by atoms with Crippen LogP contribution in [-0.4, -0.2) is 33.0 Å². The van der Waals surface area contributed by atoms with Crippen molar-refractivity contribution in [2.75, 3.05) is 29.5 Å². The Morgan fingerprint density at radius 1 is 1.06 bits per heavy atom. The molecule has 0 fully saturated rings. The van der Waals surface area contributed by atoms with Crippen LogP contribution in [0.15, 0.2) is 39.9 Å². The molecule has 0 N–H and O–H groups in total. The average molecular weight is 314 g/mol. The summed E-state index contributed by atoms with van der Waals surface area (Å²) in [7, 11) is -2.83. The van der Waals surface area contributed by atoms with Crippen molar-refractivity contribution in [2.24, 2.45) is 0 Å². The van der Waals surface area contributed by atoms with Crippen LogP contribution in [-0.2, 0) is 9.84 Å². The molecule has 0 unspecified atom stereocenters. The molecule has 2 heterocycles. The molecule has 1 aromatic rings. The van der Waals surface area contributed by atoms with Crippen LogP contribution in [0.5, 0.6) is 0 Å². The first-order valence-electron chi connectivity index (χ1n) is 5.45. The Hall–Kier alpha value is -0.810. The van der Waals surface area contributed by atoms with E-state index >= 15 is 0 Å². The molecule has 0 atom stereocenters. The van der Waals surface area contributed by atoms with Crippen molar-refractivity contribution in [3.8, 4) is 0 Å². The second-order valence-corrected chi connectivity index (χ2v) is 7.47. The lowest BCUT2D eigenvalue weighted by atomic mass is 10.2. The molecule has 0 spiro atoms. The van der Waals surface area contributed by atoms with E-state index in [0.29, 0.717) is 0 Å². The summed E-state index contributed by atoms with van der Waals surface area (Å²) in [4.78, 5) is 2.23. The van der Waals surface area contributed by atoms with Crippen LogP contribution in [0.1, 0.15) is 0 Å². The third-order valence-electron chi connectivity index (χ3n) is 3.24. The zero-order valence-corrected chi connectivity index (χ0v) is 11.6. The van der Waals surface area contributed by atoms with Gasteiger partial charge in [0.05, 0.1) is 17.2 Å². The number of anilines is 1. The van der Waals surface area contributed by atoms with Gasteiger partial charge in [-0.3, -0.25) is 0 Å². The second kappa shape index (κ2) is 3.85. The summed E-state index contributed by atoms with van der Waals surface area (Å²) in [5.41, 5.74) is 3.33. The molecule has 17 heavy (non-hydrogen) atoms. The molecule has 2 aliphatic rings. The molecule has 2 aliphatic heterocycles. The van der Waals surface area contributed by atoms with Gasteiger partial charge in [0.2, 0.25) is 0 Å². The minimum atomic E-state index is -2.83. The third-order valence-corrected chi connectivity index (χ3v) is 5.49. The van der Waals surface area contributed by atoms with Gasteiger partial charge in [0.15, 0.2) is 9.84 Å². The average Bonchev–Trinajstić information content (AvgIpc) is 2.71. The molecule has 3 nitrogen and oxygen atoms in total. The Morgan fingerprint density at radius 3 is 2.24 bits per heavy atom. The van der Waals surface area contributed by atoms with Gasteiger partial charge in [-0.1, -0.05) is 12.1 Å². The standard InChI is InChI=1S/C12H12BrNO2S/c13-11-3-1-2-4-12(11)14-5-9-7-17(15,16)8-10(9)6-14/h1-4H,5-8H2. The minimum Gasteiger partial charge on any atom is -0.363 e. The zero-order chi connectivity index (χ0) is 12.0. The van der Waals surface area contributed by atoms with Gasteiger partial charge in [0.25, 0.3) is 0 Å². The summed E-state index contributed by atoms with van der Waals surface area (Å²) in [6.45, 7) is 1.49. The molecule has 3 rings (SSSR count). The Balaban J connectivity index is 1.84. The zero-order valence-electron chi connectivity index (χ0n) is 9.19. The lowest BCUT2D eigenvalue weighted by molar-refractivity contribution is 0.602. The first-order valence-corrected chi connectivity index (χ1v) is 8.06. The molecule has 0 saturated carbocycles. The number of sulfone groups is 1. The summed E-state index contributed by atoms with van der Waals surface area (Å²) in [6, 6.07) is 8.05. The van der Waals surface area contributed by atoms with Gasteiger partial charge in [0, 0.05) is 17.6 Å². The lowest BCUT2D eigenvalue weighted by Gasteiger charge is -2.21. The van der Waals surface area contributed by atoms with Crippen LogP contribution in [0, 0.1) is 0 Å². The smallest absolute Gasteiger partial charge is 0.158 e. The fourth-order valence-corrected chi connectivity index (χ4v) is 4.79. The number of hydrogen-bond acceptors (Lipinski definition) is 3. The van der Waals surface area contributed by atoms with Crippen LogP contribution in [0.3, 0.4) is 0 Å². The molecule has 5 heteroatoms. The third kappa shape index (κ3) is 2.02. The molecule has 0 bridgehead atoms. The molecule has 1 aromatic carbocycles. The summed E-state index contributed by atoms with van der Waals surface area (Å²) in [5.74, 6) is 0.507. The normalized spacial score (nSPS) is 22.1. The van der Waals surface area contributed by atoms with Crippen LogP contribution in [0.4, 0.5) is 5.69 Å². The second-order valence-electron chi connectivity index (χ2n) is 4.55. The van der Waals surface area contributed by atoms with E-state index < -0.39 is 9.84 Å². The van der Waals surface area contributed by atoms with Gasteiger partial charge in [-0.25, -0.2) is 8.42 Å². The number of nitrogens with zero attached hydrogens (tertiary/aromatic N) is 1. The summed E-state index contributed by atoms with van der Waals surface area (Å²) in [5, 5.41) is 0. The summed E-state index contributed by atoms with van der Waals surface area (Å²) < 4.78 is 24.0. The Labute approximate surface area is 109 Å². The topological polar surface area (TPSA) is 37.4 Å². The monoisotopic (exact) mass is 313 g/mol. The van der Waals surface area contributed by atoms with Crippen LogP contribution in [0.25, 0.3) is 0 Å². The van der Waals surface area contributed by atoms with E-state index in [9.17, 15) is 8.42 Å². The number of para-hydroxylation sites is 1. The SMILES string of the molecule is O=S1(=O)CC2=C(CN(c3ccccc3Br)C2)C1. The highest BCUT2D eigenvalue weighted by molar-refractivity contribution is 9.10. The van der Waals surface area contributed by atoms with E-state index in [2.05, 4.69) is 26.9 Å². The predicted molar refractivity (Wildman–Crippen MR) is 72.0 cm³/mol. The fraction of sp³-hybridized carbons (Fsp3) is 0.333. The molecule has 0 radical (unpaired) electrons. The van der Waals surface area contributed by atoms with E-state index in [4.69, 9.17) is 0 Å². The first kappa shape index (κ1) is 11.3. The molecular formula is C12H12BrNO2S. The van der Waals surface area contributed by atoms with Crippen molar-refractivity contribution in [3.05, 3.63) is 39.9 Å². The maximum Gasteiger partial charge on any atom is 0.158 e.